The van der Waals surface area contributed by atoms with Crippen LogP contribution in [-0.4, -0.2) is 68.3 Å². The van der Waals surface area contributed by atoms with Crippen molar-refractivity contribution in [3.05, 3.63) is 53.2 Å². The first-order valence-corrected chi connectivity index (χ1v) is 11.1. The van der Waals surface area contributed by atoms with E-state index in [4.69, 9.17) is 0 Å². The first kappa shape index (κ1) is 20.7. The first-order valence-electron chi connectivity index (χ1n) is 11.1. The van der Waals surface area contributed by atoms with Gasteiger partial charge in [0.05, 0.1) is 11.2 Å². The second-order valence-corrected chi connectivity index (χ2v) is 9.09. The minimum atomic E-state index is -1.14. The number of hydrogen-bond acceptors (Lipinski definition) is 4. The van der Waals surface area contributed by atoms with E-state index in [1.165, 1.54) is 0 Å². The largest absolute Gasteiger partial charge is 0.380 e. The monoisotopic (exact) mass is 432 g/mol. The lowest BCUT2D eigenvalue weighted by atomic mass is 9.96. The average molecular weight is 433 g/mol. The Balaban J connectivity index is 1.32. The van der Waals surface area contributed by atoms with Gasteiger partial charge in [0.15, 0.2) is 0 Å². The number of aliphatic hydroxyl groups is 1. The molecule has 1 saturated heterocycles. The van der Waals surface area contributed by atoms with Crippen LogP contribution in [0.2, 0.25) is 0 Å². The van der Waals surface area contributed by atoms with Gasteiger partial charge in [0.25, 0.3) is 11.8 Å². The summed E-state index contributed by atoms with van der Waals surface area (Å²) in [6, 6.07) is 12.2. The first-order chi connectivity index (χ1) is 15.3. The van der Waals surface area contributed by atoms with Crippen molar-refractivity contribution in [2.24, 2.45) is 7.05 Å². The van der Waals surface area contributed by atoms with Crippen molar-refractivity contribution in [2.45, 2.75) is 32.3 Å². The molecule has 2 aliphatic rings. The summed E-state index contributed by atoms with van der Waals surface area (Å²) in [5.41, 5.74) is 4.86. The fourth-order valence-corrected chi connectivity index (χ4v) is 4.65. The maximum atomic E-state index is 13.1. The normalized spacial score (nSPS) is 17.6. The third-order valence-electron chi connectivity index (χ3n) is 6.80. The van der Waals surface area contributed by atoms with Gasteiger partial charge in [-0.25, -0.2) is 0 Å². The number of piperazine rings is 1. The highest BCUT2D eigenvalue weighted by Gasteiger charge is 2.50. The highest BCUT2D eigenvalue weighted by Crippen LogP contribution is 2.37. The highest BCUT2D eigenvalue weighted by molar-refractivity contribution is 5.96. The number of aryl methyl sites for hydroxylation is 3. The van der Waals surface area contributed by atoms with Crippen LogP contribution in [0.15, 0.2) is 36.4 Å². The second-order valence-electron chi connectivity index (χ2n) is 9.09. The van der Waals surface area contributed by atoms with Gasteiger partial charge >= 0.3 is 0 Å². The van der Waals surface area contributed by atoms with E-state index in [0.29, 0.717) is 44.6 Å². The Morgan fingerprint density at radius 3 is 2.31 bits per heavy atom. The summed E-state index contributed by atoms with van der Waals surface area (Å²) in [5.74, 6) is -0.207. The van der Waals surface area contributed by atoms with E-state index in [2.05, 4.69) is 23.3 Å². The highest BCUT2D eigenvalue weighted by atomic mass is 16.3. The molecule has 3 aromatic rings. The summed E-state index contributed by atoms with van der Waals surface area (Å²) in [6.07, 6.45) is 1.09. The third kappa shape index (κ3) is 3.46. The maximum absolute atomic E-state index is 13.1. The topological polar surface area (TPSA) is 78.7 Å². The molecule has 2 fully saturated rings. The predicted molar refractivity (Wildman–Crippen MR) is 122 cm³/mol. The van der Waals surface area contributed by atoms with Gasteiger partial charge in [-0.05, 0) is 67.6 Å². The number of hydrogen-bond donors (Lipinski definition) is 1. The molecule has 1 aromatic heterocycles. The van der Waals surface area contributed by atoms with E-state index in [1.807, 2.05) is 43.8 Å². The lowest BCUT2D eigenvalue weighted by molar-refractivity contribution is -0.143. The Bertz CT molecular complexity index is 1230. The smallest absolute Gasteiger partial charge is 0.254 e. The fourth-order valence-electron chi connectivity index (χ4n) is 4.65. The van der Waals surface area contributed by atoms with Crippen molar-refractivity contribution < 1.29 is 14.7 Å². The molecule has 2 amide bonds. The summed E-state index contributed by atoms with van der Waals surface area (Å²) < 4.78 is 1.89. The fraction of sp³-hybridized carbons (Fsp3) is 0.400. The van der Waals surface area contributed by atoms with Gasteiger partial charge in [0.1, 0.15) is 5.60 Å². The van der Waals surface area contributed by atoms with Crippen molar-refractivity contribution in [3.63, 3.8) is 0 Å². The third-order valence-corrected chi connectivity index (χ3v) is 6.80. The van der Waals surface area contributed by atoms with E-state index in [1.54, 1.807) is 9.80 Å². The van der Waals surface area contributed by atoms with E-state index >= 15 is 0 Å². The van der Waals surface area contributed by atoms with Crippen LogP contribution in [0.25, 0.3) is 22.0 Å². The van der Waals surface area contributed by atoms with Gasteiger partial charge in [-0.2, -0.15) is 5.10 Å². The molecule has 5 rings (SSSR count). The minimum absolute atomic E-state index is 0.0181. The number of amides is 2. The van der Waals surface area contributed by atoms with Crippen LogP contribution >= 0.6 is 0 Å². The Morgan fingerprint density at radius 1 is 0.969 bits per heavy atom. The van der Waals surface area contributed by atoms with E-state index in [9.17, 15) is 14.7 Å². The molecule has 32 heavy (non-hydrogen) atoms. The molecule has 1 saturated carbocycles. The molecule has 7 nitrogen and oxygen atoms in total. The molecule has 1 aliphatic heterocycles. The standard InChI is InChI=1S/C25H28N4O3/c1-16-14-19(23(30)28-10-12-29(13-11-28)24(31)25(32)8-9-25)4-6-20(16)18-5-7-22-21(15-18)17(2)26-27(22)3/h4-7,14-15,32H,8-13H2,1-3H3. The van der Waals surface area contributed by atoms with Crippen molar-refractivity contribution in [2.75, 3.05) is 26.2 Å². The Hall–Kier alpha value is -3.19. The van der Waals surface area contributed by atoms with Crippen molar-refractivity contribution in [3.8, 4) is 11.1 Å². The van der Waals surface area contributed by atoms with Crippen molar-refractivity contribution in [1.82, 2.24) is 19.6 Å². The molecule has 166 valence electrons. The van der Waals surface area contributed by atoms with Crippen LogP contribution in [-0.2, 0) is 11.8 Å². The molecule has 0 unspecified atom stereocenters. The zero-order valence-corrected chi connectivity index (χ0v) is 18.8. The number of carbonyl (C=O) groups excluding carboxylic acids is 2. The molecule has 0 bridgehead atoms. The molecule has 0 radical (unpaired) electrons. The van der Waals surface area contributed by atoms with Crippen LogP contribution in [0.1, 0.15) is 34.5 Å². The molecule has 2 heterocycles. The van der Waals surface area contributed by atoms with Gasteiger partial charge in [-0.1, -0.05) is 12.1 Å². The van der Waals surface area contributed by atoms with Crippen molar-refractivity contribution >= 4 is 22.7 Å². The summed E-state index contributed by atoms with van der Waals surface area (Å²) in [5, 5.41) is 15.7. The number of benzene rings is 2. The predicted octanol–water partition coefficient (Wildman–Crippen LogP) is 2.67. The molecule has 2 aromatic carbocycles. The molecule has 0 atom stereocenters. The average Bonchev–Trinajstić information content (AvgIpc) is 3.49. The molecule has 7 heteroatoms. The van der Waals surface area contributed by atoms with Crippen LogP contribution < -0.4 is 0 Å². The molecule has 1 aliphatic carbocycles. The van der Waals surface area contributed by atoms with Gasteiger partial charge < -0.3 is 14.9 Å². The number of aromatic nitrogens is 2. The second kappa shape index (κ2) is 7.45. The van der Waals surface area contributed by atoms with E-state index in [0.717, 1.165) is 33.3 Å². The molecule has 1 N–H and O–H groups in total. The van der Waals surface area contributed by atoms with E-state index < -0.39 is 5.60 Å². The van der Waals surface area contributed by atoms with Gasteiger partial charge in [0.2, 0.25) is 0 Å². The number of nitrogens with zero attached hydrogens (tertiary/aromatic N) is 4. The number of carbonyl (C=O) groups is 2. The lowest BCUT2D eigenvalue weighted by Crippen LogP contribution is -2.53. The number of rotatable bonds is 3. The Morgan fingerprint density at radius 2 is 1.66 bits per heavy atom. The van der Waals surface area contributed by atoms with Gasteiger partial charge in [-0.15, -0.1) is 0 Å². The van der Waals surface area contributed by atoms with Crippen molar-refractivity contribution in [1.29, 1.82) is 0 Å². The number of fused-ring (bicyclic) bond motifs is 1. The SMILES string of the molecule is Cc1cc(C(=O)N2CCN(C(=O)C3(O)CC3)CC2)ccc1-c1ccc2c(c1)c(C)nn2C. The van der Waals surface area contributed by atoms with Crippen LogP contribution in [0.5, 0.6) is 0 Å². The van der Waals surface area contributed by atoms with E-state index in [-0.39, 0.29) is 11.8 Å². The summed E-state index contributed by atoms with van der Waals surface area (Å²) in [7, 11) is 1.95. The quantitative estimate of drug-likeness (QED) is 0.690. The zero-order chi connectivity index (χ0) is 22.6. The minimum Gasteiger partial charge on any atom is -0.380 e. The Labute approximate surface area is 187 Å². The van der Waals surface area contributed by atoms with Gasteiger partial charge in [0, 0.05) is 44.2 Å². The summed E-state index contributed by atoms with van der Waals surface area (Å²) in [6.45, 7) is 5.94. The summed E-state index contributed by atoms with van der Waals surface area (Å²) >= 11 is 0. The maximum Gasteiger partial charge on any atom is 0.254 e. The Kier molecular flexibility index (Phi) is 4.82. The zero-order valence-electron chi connectivity index (χ0n) is 18.8. The molecular weight excluding hydrogens is 404 g/mol. The van der Waals surface area contributed by atoms with Crippen LogP contribution in [0.4, 0.5) is 0 Å². The van der Waals surface area contributed by atoms with Crippen LogP contribution in [0.3, 0.4) is 0 Å². The molecule has 0 spiro atoms. The summed E-state index contributed by atoms with van der Waals surface area (Å²) in [4.78, 5) is 28.9. The van der Waals surface area contributed by atoms with Gasteiger partial charge in [-0.3, -0.25) is 14.3 Å². The molecular formula is C25H28N4O3. The lowest BCUT2D eigenvalue weighted by Gasteiger charge is -2.35. The van der Waals surface area contributed by atoms with Crippen LogP contribution in [0, 0.1) is 13.8 Å².